The molecule has 1 N–H and O–H groups in total. The van der Waals surface area contributed by atoms with E-state index in [4.69, 9.17) is 9.47 Å². The molecule has 6 nitrogen and oxygen atoms in total. The molecular formula is C18H25BrN2O4. The van der Waals surface area contributed by atoms with Gasteiger partial charge in [-0.15, -0.1) is 0 Å². The molecule has 1 aromatic carbocycles. The normalized spacial score (nSPS) is 17.8. The van der Waals surface area contributed by atoms with Crippen LogP contribution in [0.5, 0.6) is 5.75 Å². The fraction of sp³-hybridized carbons (Fsp3) is 0.556. The Hall–Kier alpha value is -1.76. The average molecular weight is 413 g/mol. The number of carbonyl (C=O) groups excluding carboxylic acids is 2. The molecule has 7 heteroatoms. The van der Waals surface area contributed by atoms with Gasteiger partial charge in [-0.25, -0.2) is 4.79 Å². The van der Waals surface area contributed by atoms with Gasteiger partial charge in [-0.1, -0.05) is 22.0 Å². The minimum Gasteiger partial charge on any atom is -0.484 e. The van der Waals surface area contributed by atoms with Crippen molar-refractivity contribution in [2.24, 2.45) is 0 Å². The molecule has 0 saturated carbocycles. The lowest BCUT2D eigenvalue weighted by Crippen LogP contribution is -2.51. The average Bonchev–Trinajstić information content (AvgIpc) is 2.51. The third kappa shape index (κ3) is 6.94. The first-order valence-corrected chi connectivity index (χ1v) is 9.18. The number of carbonyl (C=O) groups is 2. The predicted octanol–water partition coefficient (Wildman–Crippen LogP) is 3.34. The summed E-state index contributed by atoms with van der Waals surface area (Å²) in [4.78, 5) is 26.0. The Bertz CT molecular complexity index is 615. The summed E-state index contributed by atoms with van der Waals surface area (Å²) < 4.78 is 11.7. The van der Waals surface area contributed by atoms with Crippen molar-refractivity contribution in [3.63, 3.8) is 0 Å². The second-order valence-electron chi connectivity index (χ2n) is 7.07. The zero-order valence-electron chi connectivity index (χ0n) is 14.9. The van der Waals surface area contributed by atoms with E-state index in [1.807, 2.05) is 39.0 Å². The van der Waals surface area contributed by atoms with Crippen molar-refractivity contribution in [2.45, 2.75) is 45.3 Å². The zero-order valence-corrected chi connectivity index (χ0v) is 16.5. The van der Waals surface area contributed by atoms with Gasteiger partial charge in [0.2, 0.25) is 0 Å². The fourth-order valence-corrected chi connectivity index (χ4v) is 2.97. The number of likely N-dealkylation sites (tertiary alicyclic amines) is 1. The fourth-order valence-electron chi connectivity index (χ4n) is 2.59. The second kappa shape index (κ2) is 8.56. The van der Waals surface area contributed by atoms with Gasteiger partial charge in [0.15, 0.2) is 6.61 Å². The Morgan fingerprint density at radius 3 is 2.80 bits per heavy atom. The molecule has 1 aliphatic heterocycles. The first kappa shape index (κ1) is 19.6. The lowest BCUT2D eigenvalue weighted by atomic mass is 10.1. The van der Waals surface area contributed by atoms with Crippen molar-refractivity contribution in [2.75, 3.05) is 19.7 Å². The summed E-state index contributed by atoms with van der Waals surface area (Å²) >= 11 is 3.37. The van der Waals surface area contributed by atoms with Crippen molar-refractivity contribution in [3.05, 3.63) is 28.7 Å². The minimum atomic E-state index is -0.536. The van der Waals surface area contributed by atoms with Crippen LogP contribution >= 0.6 is 15.9 Å². The van der Waals surface area contributed by atoms with Crippen LogP contribution in [0.4, 0.5) is 4.79 Å². The number of amides is 2. The largest absolute Gasteiger partial charge is 0.484 e. The van der Waals surface area contributed by atoms with Crippen LogP contribution in [0, 0.1) is 0 Å². The van der Waals surface area contributed by atoms with Crippen LogP contribution in [0.15, 0.2) is 28.7 Å². The number of nitrogens with one attached hydrogen (secondary N) is 1. The summed E-state index contributed by atoms with van der Waals surface area (Å²) in [5.41, 5.74) is -0.536. The third-order valence-corrected chi connectivity index (χ3v) is 4.15. The standard InChI is InChI=1S/C18H25BrN2O4/c1-18(2,3)25-17(23)20-14-7-5-9-21(11-14)16(22)12-24-15-8-4-6-13(19)10-15/h4,6,8,10,14H,5,7,9,11-12H2,1-3H3,(H,20,23)/t14-/m0/s1. The highest BCUT2D eigenvalue weighted by atomic mass is 79.9. The van der Waals surface area contributed by atoms with Gasteiger partial charge in [-0.3, -0.25) is 4.79 Å². The van der Waals surface area contributed by atoms with Gasteiger partial charge in [0.1, 0.15) is 11.4 Å². The Balaban J connectivity index is 1.81. The number of hydrogen-bond donors (Lipinski definition) is 1. The molecule has 0 spiro atoms. The van der Waals surface area contributed by atoms with Crippen LogP contribution < -0.4 is 10.1 Å². The smallest absolute Gasteiger partial charge is 0.407 e. The molecule has 0 aliphatic carbocycles. The summed E-state index contributed by atoms with van der Waals surface area (Å²) in [6.45, 7) is 6.59. The topological polar surface area (TPSA) is 67.9 Å². The molecule has 25 heavy (non-hydrogen) atoms. The Morgan fingerprint density at radius 1 is 1.36 bits per heavy atom. The number of halogens is 1. The van der Waals surface area contributed by atoms with Crippen LogP contribution in [0.1, 0.15) is 33.6 Å². The van der Waals surface area contributed by atoms with Gasteiger partial charge in [0, 0.05) is 23.6 Å². The lowest BCUT2D eigenvalue weighted by Gasteiger charge is -2.33. The van der Waals surface area contributed by atoms with E-state index in [9.17, 15) is 9.59 Å². The summed E-state index contributed by atoms with van der Waals surface area (Å²) in [6, 6.07) is 7.27. The first-order valence-electron chi connectivity index (χ1n) is 8.38. The van der Waals surface area contributed by atoms with Crippen LogP contribution in [0.25, 0.3) is 0 Å². The molecule has 2 amide bonds. The van der Waals surface area contributed by atoms with Crippen LogP contribution in [0.3, 0.4) is 0 Å². The SMILES string of the molecule is CC(C)(C)OC(=O)N[C@H]1CCCN(C(=O)COc2cccc(Br)c2)C1. The number of nitrogens with zero attached hydrogens (tertiary/aromatic N) is 1. The van der Waals surface area contributed by atoms with Crippen molar-refractivity contribution in [3.8, 4) is 5.75 Å². The monoisotopic (exact) mass is 412 g/mol. The van der Waals surface area contributed by atoms with Crippen LogP contribution in [-0.2, 0) is 9.53 Å². The molecule has 2 rings (SSSR count). The Morgan fingerprint density at radius 2 is 2.12 bits per heavy atom. The van der Waals surface area contributed by atoms with Gasteiger partial charge in [0.25, 0.3) is 5.91 Å². The molecule has 138 valence electrons. The number of hydrogen-bond acceptors (Lipinski definition) is 4. The summed E-state index contributed by atoms with van der Waals surface area (Å²) in [6.07, 6.45) is 1.22. The number of ether oxygens (including phenoxy) is 2. The molecule has 1 atom stereocenters. The van der Waals surface area contributed by atoms with Crippen molar-refractivity contribution in [1.82, 2.24) is 10.2 Å². The van der Waals surface area contributed by atoms with Crippen LogP contribution in [0.2, 0.25) is 0 Å². The maximum absolute atomic E-state index is 12.4. The molecule has 1 aromatic rings. The van der Waals surface area contributed by atoms with Gasteiger partial charge in [0.05, 0.1) is 0 Å². The summed E-state index contributed by atoms with van der Waals surface area (Å²) in [5.74, 6) is 0.554. The molecule has 0 radical (unpaired) electrons. The van der Waals surface area contributed by atoms with Gasteiger partial charge >= 0.3 is 6.09 Å². The number of piperidine rings is 1. The zero-order chi connectivity index (χ0) is 18.4. The highest BCUT2D eigenvalue weighted by molar-refractivity contribution is 9.10. The van der Waals surface area contributed by atoms with Crippen LogP contribution in [-0.4, -0.2) is 48.2 Å². The molecule has 1 saturated heterocycles. The predicted molar refractivity (Wildman–Crippen MR) is 98.6 cm³/mol. The van der Waals surface area contributed by atoms with Gasteiger partial charge in [-0.2, -0.15) is 0 Å². The van der Waals surface area contributed by atoms with E-state index in [0.717, 1.165) is 17.3 Å². The van der Waals surface area contributed by atoms with Crippen molar-refractivity contribution < 1.29 is 19.1 Å². The lowest BCUT2D eigenvalue weighted by molar-refractivity contribution is -0.134. The van der Waals surface area contributed by atoms with Gasteiger partial charge < -0.3 is 19.7 Å². The molecular weight excluding hydrogens is 388 g/mol. The van der Waals surface area contributed by atoms with Crippen molar-refractivity contribution >= 4 is 27.9 Å². The molecule has 0 aromatic heterocycles. The maximum Gasteiger partial charge on any atom is 0.407 e. The summed E-state index contributed by atoms with van der Waals surface area (Å²) in [7, 11) is 0. The molecule has 0 bridgehead atoms. The van der Waals surface area contributed by atoms with Crippen molar-refractivity contribution in [1.29, 1.82) is 0 Å². The Kier molecular flexibility index (Phi) is 6.70. The number of rotatable bonds is 4. The molecule has 1 heterocycles. The maximum atomic E-state index is 12.4. The Labute approximate surface area is 157 Å². The third-order valence-electron chi connectivity index (χ3n) is 3.65. The molecule has 0 unspecified atom stereocenters. The number of benzene rings is 1. The van der Waals surface area contributed by atoms with E-state index in [0.29, 0.717) is 18.8 Å². The first-order chi connectivity index (χ1) is 11.7. The van der Waals surface area contributed by atoms with E-state index in [-0.39, 0.29) is 18.6 Å². The highest BCUT2D eigenvalue weighted by Gasteiger charge is 2.26. The highest BCUT2D eigenvalue weighted by Crippen LogP contribution is 2.18. The molecule has 1 aliphatic rings. The van der Waals surface area contributed by atoms with Gasteiger partial charge in [-0.05, 0) is 51.8 Å². The van der Waals surface area contributed by atoms with E-state index < -0.39 is 11.7 Å². The van der Waals surface area contributed by atoms with E-state index in [2.05, 4.69) is 21.2 Å². The van der Waals surface area contributed by atoms with E-state index >= 15 is 0 Å². The second-order valence-corrected chi connectivity index (χ2v) is 7.99. The quantitative estimate of drug-likeness (QED) is 0.822. The minimum absolute atomic E-state index is 0.0182. The summed E-state index contributed by atoms with van der Waals surface area (Å²) in [5, 5.41) is 2.84. The van der Waals surface area contributed by atoms with E-state index in [1.165, 1.54) is 0 Å². The van der Waals surface area contributed by atoms with E-state index in [1.54, 1.807) is 11.0 Å². The molecule has 1 fully saturated rings. The number of alkyl carbamates (subject to hydrolysis) is 1.